The topological polar surface area (TPSA) is 45.8 Å². The van der Waals surface area contributed by atoms with E-state index in [2.05, 4.69) is 53.5 Å². The van der Waals surface area contributed by atoms with Crippen LogP contribution in [0.3, 0.4) is 0 Å². The third-order valence-corrected chi connectivity index (χ3v) is 7.48. The zero-order valence-electron chi connectivity index (χ0n) is 16.6. The van der Waals surface area contributed by atoms with Crippen LogP contribution in [-0.2, 0) is 23.3 Å². The van der Waals surface area contributed by atoms with Crippen LogP contribution in [0.1, 0.15) is 54.6 Å². The van der Waals surface area contributed by atoms with Crippen LogP contribution in [0, 0.1) is 0 Å². The second-order valence-corrected chi connectivity index (χ2v) is 9.38. The lowest BCUT2D eigenvalue weighted by molar-refractivity contribution is 0.285. The first-order valence-corrected chi connectivity index (χ1v) is 11.7. The molecule has 1 spiro atoms. The van der Waals surface area contributed by atoms with Gasteiger partial charge in [-0.15, -0.1) is 11.8 Å². The first-order valence-electron chi connectivity index (χ1n) is 10.6. The minimum atomic E-state index is -0.0295. The van der Waals surface area contributed by atoms with Gasteiger partial charge in [0.2, 0.25) is 0 Å². The summed E-state index contributed by atoms with van der Waals surface area (Å²) in [5.41, 5.74) is 5.74. The molecular formula is C25H26N2OS. The molecule has 0 amide bonds. The van der Waals surface area contributed by atoms with Gasteiger partial charge in [0.05, 0.1) is 17.0 Å². The summed E-state index contributed by atoms with van der Waals surface area (Å²) in [5.74, 6) is 2.42. The van der Waals surface area contributed by atoms with E-state index in [1.54, 1.807) is 11.8 Å². The lowest BCUT2D eigenvalue weighted by Gasteiger charge is -2.41. The number of rotatable bonds is 4. The van der Waals surface area contributed by atoms with Crippen LogP contribution in [0.25, 0.3) is 11.3 Å². The number of aromatic amines is 1. The summed E-state index contributed by atoms with van der Waals surface area (Å²) in [6.07, 6.45) is 6.86. The SMILES string of the molecule is O=c1[nH]c(CSCc2ccccc2)nc2c1C1(CCCCC1)Cc1ccccc1-2. The van der Waals surface area contributed by atoms with Crippen LogP contribution in [0.2, 0.25) is 0 Å². The Morgan fingerprint density at radius 1 is 0.931 bits per heavy atom. The Balaban J connectivity index is 1.50. The quantitative estimate of drug-likeness (QED) is 0.615. The second kappa shape index (κ2) is 7.83. The average molecular weight is 403 g/mol. The highest BCUT2D eigenvalue weighted by molar-refractivity contribution is 7.97. The van der Waals surface area contributed by atoms with Crippen molar-refractivity contribution in [2.45, 2.75) is 55.4 Å². The van der Waals surface area contributed by atoms with Gasteiger partial charge in [0.25, 0.3) is 5.56 Å². The Morgan fingerprint density at radius 3 is 2.52 bits per heavy atom. The van der Waals surface area contributed by atoms with Crippen LogP contribution < -0.4 is 5.56 Å². The minimum Gasteiger partial charge on any atom is -0.310 e. The van der Waals surface area contributed by atoms with Crippen molar-refractivity contribution in [1.29, 1.82) is 0 Å². The van der Waals surface area contributed by atoms with E-state index in [9.17, 15) is 4.79 Å². The van der Waals surface area contributed by atoms with Gasteiger partial charge in [-0.05, 0) is 30.4 Å². The van der Waals surface area contributed by atoms with Crippen molar-refractivity contribution in [1.82, 2.24) is 9.97 Å². The predicted octanol–water partition coefficient (Wildman–Crippen LogP) is 5.63. The van der Waals surface area contributed by atoms with E-state index in [1.165, 1.54) is 30.4 Å². The minimum absolute atomic E-state index is 0.0295. The molecule has 3 nitrogen and oxygen atoms in total. The maximum absolute atomic E-state index is 13.3. The largest absolute Gasteiger partial charge is 0.310 e. The molecular weight excluding hydrogens is 376 g/mol. The Kier molecular flexibility index (Phi) is 5.04. The van der Waals surface area contributed by atoms with Gasteiger partial charge in [-0.25, -0.2) is 4.98 Å². The maximum atomic E-state index is 13.3. The van der Waals surface area contributed by atoms with Gasteiger partial charge in [0.15, 0.2) is 0 Å². The van der Waals surface area contributed by atoms with Gasteiger partial charge in [-0.1, -0.05) is 73.9 Å². The molecule has 3 aromatic rings. The second-order valence-electron chi connectivity index (χ2n) is 8.39. The molecule has 4 heteroatoms. The molecule has 148 valence electrons. The van der Waals surface area contributed by atoms with Crippen molar-refractivity contribution in [3.8, 4) is 11.3 Å². The van der Waals surface area contributed by atoms with Crippen LogP contribution >= 0.6 is 11.8 Å². The van der Waals surface area contributed by atoms with Gasteiger partial charge in [0.1, 0.15) is 5.82 Å². The molecule has 0 saturated heterocycles. The van der Waals surface area contributed by atoms with E-state index >= 15 is 0 Å². The van der Waals surface area contributed by atoms with Gasteiger partial charge >= 0.3 is 0 Å². The summed E-state index contributed by atoms with van der Waals surface area (Å²) in [6, 6.07) is 19.0. The molecule has 1 fully saturated rings. The number of fused-ring (bicyclic) bond motifs is 4. The van der Waals surface area contributed by atoms with Crippen molar-refractivity contribution < 1.29 is 0 Å². The fourth-order valence-electron chi connectivity index (χ4n) is 5.13. The normalized spacial score (nSPS) is 17.0. The van der Waals surface area contributed by atoms with Gasteiger partial charge in [-0.2, -0.15) is 0 Å². The number of H-pyrrole nitrogens is 1. The van der Waals surface area contributed by atoms with Crippen molar-refractivity contribution in [2.24, 2.45) is 0 Å². The van der Waals surface area contributed by atoms with Crippen LogP contribution in [0.15, 0.2) is 59.4 Å². The van der Waals surface area contributed by atoms with Gasteiger partial charge in [-0.3, -0.25) is 4.79 Å². The molecule has 1 N–H and O–H groups in total. The highest BCUT2D eigenvalue weighted by Crippen LogP contribution is 2.48. The first-order chi connectivity index (χ1) is 14.3. The molecule has 2 aromatic carbocycles. The Bertz CT molecular complexity index is 1070. The smallest absolute Gasteiger partial charge is 0.255 e. The van der Waals surface area contributed by atoms with Crippen molar-refractivity contribution in [3.63, 3.8) is 0 Å². The molecule has 1 heterocycles. The summed E-state index contributed by atoms with van der Waals surface area (Å²) in [6.45, 7) is 0. The van der Waals surface area contributed by atoms with Crippen molar-refractivity contribution in [3.05, 3.63) is 87.5 Å². The molecule has 1 aromatic heterocycles. The average Bonchev–Trinajstić information content (AvgIpc) is 2.75. The number of hydrogen-bond donors (Lipinski definition) is 1. The van der Waals surface area contributed by atoms with E-state index in [4.69, 9.17) is 4.98 Å². The van der Waals surface area contributed by atoms with Crippen molar-refractivity contribution in [2.75, 3.05) is 0 Å². The standard InChI is InChI=1S/C25H26N2OS/c28-24-22-23(26-21(27-24)17-29-16-18-9-3-1-4-10-18)20-12-6-5-11-19(20)15-25(22)13-7-2-8-14-25/h1,3-6,9-12H,2,7-8,13-17H2,(H,26,27,28). The summed E-state index contributed by atoms with van der Waals surface area (Å²) in [5, 5.41) is 0. The van der Waals surface area contributed by atoms with E-state index in [0.29, 0.717) is 5.75 Å². The molecule has 2 aliphatic carbocycles. The fourth-order valence-corrected chi connectivity index (χ4v) is 5.99. The number of nitrogens with zero attached hydrogens (tertiary/aromatic N) is 1. The Morgan fingerprint density at radius 2 is 1.69 bits per heavy atom. The summed E-state index contributed by atoms with van der Waals surface area (Å²) >= 11 is 1.79. The molecule has 29 heavy (non-hydrogen) atoms. The molecule has 0 atom stereocenters. The number of nitrogens with one attached hydrogen (secondary N) is 1. The van der Waals surface area contributed by atoms with Crippen LogP contribution in [0.5, 0.6) is 0 Å². The highest BCUT2D eigenvalue weighted by atomic mass is 32.2. The Labute approximate surface area is 176 Å². The number of thioether (sulfide) groups is 1. The predicted molar refractivity (Wildman–Crippen MR) is 120 cm³/mol. The molecule has 1 saturated carbocycles. The molecule has 0 bridgehead atoms. The van der Waals surface area contributed by atoms with E-state index in [1.807, 2.05) is 6.07 Å². The maximum Gasteiger partial charge on any atom is 0.255 e. The highest BCUT2D eigenvalue weighted by Gasteiger charge is 2.42. The number of hydrogen-bond acceptors (Lipinski definition) is 3. The lowest BCUT2D eigenvalue weighted by Crippen LogP contribution is -2.41. The number of aromatic nitrogens is 2. The van der Waals surface area contributed by atoms with Crippen LogP contribution in [0.4, 0.5) is 0 Å². The third-order valence-electron chi connectivity index (χ3n) is 6.46. The summed E-state index contributed by atoms with van der Waals surface area (Å²) in [4.78, 5) is 21.5. The van der Waals surface area contributed by atoms with Gasteiger partial charge < -0.3 is 4.98 Å². The van der Waals surface area contributed by atoms with Crippen LogP contribution in [-0.4, -0.2) is 9.97 Å². The molecule has 2 aliphatic rings. The van der Waals surface area contributed by atoms with Crippen molar-refractivity contribution >= 4 is 11.8 Å². The Hall–Kier alpha value is -2.33. The molecule has 0 radical (unpaired) electrons. The summed E-state index contributed by atoms with van der Waals surface area (Å²) in [7, 11) is 0. The van der Waals surface area contributed by atoms with E-state index in [-0.39, 0.29) is 11.0 Å². The van der Waals surface area contributed by atoms with E-state index < -0.39 is 0 Å². The fraction of sp³-hybridized carbons (Fsp3) is 0.360. The zero-order chi connectivity index (χ0) is 19.7. The number of benzene rings is 2. The summed E-state index contributed by atoms with van der Waals surface area (Å²) < 4.78 is 0. The van der Waals surface area contributed by atoms with E-state index in [0.717, 1.165) is 47.7 Å². The monoisotopic (exact) mass is 402 g/mol. The molecule has 0 unspecified atom stereocenters. The van der Waals surface area contributed by atoms with Gasteiger partial charge in [0, 0.05) is 16.7 Å². The third kappa shape index (κ3) is 3.55. The zero-order valence-corrected chi connectivity index (χ0v) is 17.4. The first kappa shape index (κ1) is 18.7. The molecule has 0 aliphatic heterocycles. The lowest BCUT2D eigenvalue weighted by atomic mass is 9.62. The molecule has 5 rings (SSSR count).